The predicted octanol–water partition coefficient (Wildman–Crippen LogP) is 4.26. The van der Waals surface area contributed by atoms with Crippen molar-refractivity contribution in [3.8, 4) is 0 Å². The summed E-state index contributed by atoms with van der Waals surface area (Å²) in [6, 6.07) is 8.67. The van der Waals surface area contributed by atoms with Crippen molar-refractivity contribution in [2.75, 3.05) is 6.79 Å². The fourth-order valence-electron chi connectivity index (χ4n) is 3.30. The van der Waals surface area contributed by atoms with Crippen molar-refractivity contribution in [3.05, 3.63) is 40.9 Å². The third-order valence-corrected chi connectivity index (χ3v) is 10.5. The number of sulfone groups is 1. The Balaban J connectivity index is 2.46. The summed E-state index contributed by atoms with van der Waals surface area (Å²) in [5, 5.41) is 0. The molecule has 1 aliphatic rings. The molecule has 1 aromatic rings. The van der Waals surface area contributed by atoms with Gasteiger partial charge in [0.15, 0.2) is 9.84 Å². The van der Waals surface area contributed by atoms with E-state index in [2.05, 4.69) is 40.4 Å². The van der Waals surface area contributed by atoms with Crippen molar-refractivity contribution in [2.24, 2.45) is 11.8 Å². The molecule has 0 amide bonds. The number of rotatable bonds is 5. The maximum atomic E-state index is 13.3. The zero-order valence-corrected chi connectivity index (χ0v) is 17.8. The minimum absolute atomic E-state index is 0.0670. The molecule has 3 atom stereocenters. The Bertz CT molecular complexity index is 705. The average molecular weight is 383 g/mol. The van der Waals surface area contributed by atoms with E-state index >= 15 is 0 Å². The monoisotopic (exact) mass is 382 g/mol. The molecule has 0 unspecified atom stereocenters. The van der Waals surface area contributed by atoms with E-state index in [0.29, 0.717) is 15.3 Å². The zero-order valence-electron chi connectivity index (χ0n) is 16.0. The van der Waals surface area contributed by atoms with Gasteiger partial charge in [0.25, 0.3) is 0 Å². The molecule has 0 radical (unpaired) electrons. The van der Waals surface area contributed by atoms with Crippen LogP contribution in [0.1, 0.15) is 20.8 Å². The van der Waals surface area contributed by atoms with Crippen LogP contribution >= 0.6 is 0 Å². The third kappa shape index (κ3) is 4.61. The van der Waals surface area contributed by atoms with Crippen molar-refractivity contribution in [1.82, 2.24) is 0 Å². The molecule has 25 heavy (non-hydrogen) atoms. The van der Waals surface area contributed by atoms with Gasteiger partial charge in [0.1, 0.15) is 6.79 Å². The van der Waals surface area contributed by atoms with Gasteiger partial charge in [-0.3, -0.25) is 0 Å². The SMILES string of the molecule is CC(C)[C@@H]1OCO[C@@H](/C=C(\[Si](C)(C)C)S(=O)(=O)c2ccccc2)[C@@H]1C. The Morgan fingerprint density at radius 3 is 2.28 bits per heavy atom. The molecule has 1 heterocycles. The average Bonchev–Trinajstić information content (AvgIpc) is 2.53. The normalized spacial score (nSPS) is 26.0. The van der Waals surface area contributed by atoms with Gasteiger partial charge in [-0.2, -0.15) is 0 Å². The highest BCUT2D eigenvalue weighted by molar-refractivity contribution is 7.97. The second kappa shape index (κ2) is 7.74. The lowest BCUT2D eigenvalue weighted by atomic mass is 9.89. The van der Waals surface area contributed by atoms with Crippen LogP contribution < -0.4 is 0 Å². The van der Waals surface area contributed by atoms with Crippen LogP contribution in [0.5, 0.6) is 0 Å². The van der Waals surface area contributed by atoms with Crippen LogP contribution in [0.3, 0.4) is 0 Å². The second-order valence-electron chi connectivity index (χ2n) is 8.08. The summed E-state index contributed by atoms with van der Waals surface area (Å²) >= 11 is 0. The maximum absolute atomic E-state index is 13.3. The smallest absolute Gasteiger partial charge is 0.198 e. The van der Waals surface area contributed by atoms with Gasteiger partial charge < -0.3 is 9.47 Å². The Morgan fingerprint density at radius 2 is 1.76 bits per heavy atom. The molecule has 1 saturated heterocycles. The van der Waals surface area contributed by atoms with E-state index in [1.165, 1.54) is 0 Å². The molecule has 0 aromatic heterocycles. The number of hydrogen-bond acceptors (Lipinski definition) is 4. The summed E-state index contributed by atoms with van der Waals surface area (Å²) in [6.07, 6.45) is 1.68. The minimum Gasteiger partial charge on any atom is -0.352 e. The van der Waals surface area contributed by atoms with Crippen LogP contribution in [-0.4, -0.2) is 35.5 Å². The molecular weight excluding hydrogens is 352 g/mol. The highest BCUT2D eigenvalue weighted by atomic mass is 32.2. The Labute approximate surface area is 153 Å². The van der Waals surface area contributed by atoms with Crippen LogP contribution in [-0.2, 0) is 19.3 Å². The summed E-state index contributed by atoms with van der Waals surface area (Å²) in [5.74, 6) is 0.460. The van der Waals surface area contributed by atoms with E-state index in [4.69, 9.17) is 9.47 Å². The summed E-state index contributed by atoms with van der Waals surface area (Å²) in [6.45, 7) is 12.7. The first-order valence-electron chi connectivity index (χ1n) is 8.81. The molecule has 0 N–H and O–H groups in total. The standard InChI is InChI=1S/C19H30O4SSi/c1-14(2)19-15(3)17(22-13-23-19)12-18(25(4,5)6)24(20,21)16-10-8-7-9-11-16/h7-12,14-15,17,19H,13H2,1-6H3/b18-12-/t15-,17-,19-/m0/s1. The zero-order chi connectivity index (χ0) is 18.8. The molecule has 0 spiro atoms. The summed E-state index contributed by atoms with van der Waals surface area (Å²) < 4.78 is 38.6. The van der Waals surface area contributed by atoms with E-state index in [-0.39, 0.29) is 24.9 Å². The van der Waals surface area contributed by atoms with Gasteiger partial charge >= 0.3 is 0 Å². The Morgan fingerprint density at radius 1 is 1.16 bits per heavy atom. The molecule has 0 bridgehead atoms. The largest absolute Gasteiger partial charge is 0.352 e. The second-order valence-corrected chi connectivity index (χ2v) is 15.4. The van der Waals surface area contributed by atoms with E-state index < -0.39 is 17.9 Å². The highest BCUT2D eigenvalue weighted by Gasteiger charge is 2.37. The molecule has 1 aliphatic heterocycles. The van der Waals surface area contributed by atoms with Crippen LogP contribution in [0, 0.1) is 11.8 Å². The van der Waals surface area contributed by atoms with Gasteiger partial charge in [0.05, 0.1) is 25.2 Å². The first-order valence-corrected chi connectivity index (χ1v) is 13.8. The summed E-state index contributed by atoms with van der Waals surface area (Å²) in [5.41, 5.74) is 0. The third-order valence-electron chi connectivity index (χ3n) is 4.61. The molecule has 4 nitrogen and oxygen atoms in total. The van der Waals surface area contributed by atoms with Crippen molar-refractivity contribution in [1.29, 1.82) is 0 Å². The molecule has 1 aromatic carbocycles. The van der Waals surface area contributed by atoms with Crippen molar-refractivity contribution in [2.45, 2.75) is 57.5 Å². The lowest BCUT2D eigenvalue weighted by Gasteiger charge is -2.37. The first kappa shape index (κ1) is 20.4. The van der Waals surface area contributed by atoms with E-state index in [1.54, 1.807) is 24.3 Å². The first-order chi connectivity index (χ1) is 11.5. The Kier molecular flexibility index (Phi) is 6.30. The molecule has 1 fully saturated rings. The molecule has 0 aliphatic carbocycles. The lowest BCUT2D eigenvalue weighted by molar-refractivity contribution is -0.201. The quantitative estimate of drug-likeness (QED) is 0.714. The van der Waals surface area contributed by atoms with Crippen molar-refractivity contribution in [3.63, 3.8) is 0 Å². The van der Waals surface area contributed by atoms with Crippen LogP contribution in [0.15, 0.2) is 45.8 Å². The van der Waals surface area contributed by atoms with E-state index in [0.717, 1.165) is 0 Å². The van der Waals surface area contributed by atoms with Gasteiger partial charge in [-0.25, -0.2) is 8.42 Å². The van der Waals surface area contributed by atoms with E-state index in [1.807, 2.05) is 12.1 Å². The summed E-state index contributed by atoms with van der Waals surface area (Å²) in [7, 11) is -5.63. The number of benzene rings is 1. The maximum Gasteiger partial charge on any atom is 0.198 e. The van der Waals surface area contributed by atoms with Crippen LogP contribution in [0.4, 0.5) is 0 Å². The molecule has 0 saturated carbocycles. The Hall–Kier alpha value is -0.953. The molecule has 6 heteroatoms. The van der Waals surface area contributed by atoms with Gasteiger partial charge in [-0.15, -0.1) is 0 Å². The highest BCUT2D eigenvalue weighted by Crippen LogP contribution is 2.32. The van der Waals surface area contributed by atoms with Crippen LogP contribution in [0.25, 0.3) is 0 Å². The lowest BCUT2D eigenvalue weighted by Crippen LogP contribution is -2.43. The van der Waals surface area contributed by atoms with Gasteiger partial charge in [-0.1, -0.05) is 58.6 Å². The van der Waals surface area contributed by atoms with Crippen molar-refractivity contribution >= 4 is 17.9 Å². The van der Waals surface area contributed by atoms with Gasteiger partial charge in [0.2, 0.25) is 0 Å². The van der Waals surface area contributed by atoms with Gasteiger partial charge in [0, 0.05) is 10.4 Å². The predicted molar refractivity (Wildman–Crippen MR) is 104 cm³/mol. The molecule has 140 valence electrons. The summed E-state index contributed by atoms with van der Waals surface area (Å²) in [4.78, 5) is 0.351. The number of ether oxygens (including phenoxy) is 2. The fraction of sp³-hybridized carbons (Fsp3) is 0.579. The van der Waals surface area contributed by atoms with Gasteiger partial charge in [-0.05, 0) is 24.1 Å². The topological polar surface area (TPSA) is 52.6 Å². The number of hydrogen-bond donors (Lipinski definition) is 0. The molecule has 2 rings (SSSR count). The fourth-order valence-corrected chi connectivity index (χ4v) is 8.63. The van der Waals surface area contributed by atoms with Crippen molar-refractivity contribution < 1.29 is 17.9 Å². The van der Waals surface area contributed by atoms with E-state index in [9.17, 15) is 8.42 Å². The van der Waals surface area contributed by atoms with Crippen LogP contribution in [0.2, 0.25) is 19.6 Å². The minimum atomic E-state index is -3.52. The molecular formula is C19H30O4SSi.